The van der Waals surface area contributed by atoms with Gasteiger partial charge in [0.05, 0.1) is 10.6 Å². The second-order valence-corrected chi connectivity index (χ2v) is 6.06. The van der Waals surface area contributed by atoms with E-state index in [1.807, 2.05) is 0 Å². The SMILES string of the molecule is CNC(=O)c1cccnc1NC1CCN(c2ccc(F)c(Cl)c2)C1. The van der Waals surface area contributed by atoms with E-state index in [1.54, 1.807) is 37.5 Å². The number of rotatable bonds is 4. The lowest BCUT2D eigenvalue weighted by Gasteiger charge is -2.20. The highest BCUT2D eigenvalue weighted by atomic mass is 35.5. The fourth-order valence-electron chi connectivity index (χ4n) is 2.83. The van der Waals surface area contributed by atoms with Crippen LogP contribution in [0, 0.1) is 5.82 Å². The van der Waals surface area contributed by atoms with Gasteiger partial charge >= 0.3 is 0 Å². The van der Waals surface area contributed by atoms with E-state index in [1.165, 1.54) is 6.07 Å². The van der Waals surface area contributed by atoms with Crippen molar-refractivity contribution in [1.82, 2.24) is 10.3 Å². The molecule has 126 valence electrons. The van der Waals surface area contributed by atoms with Crippen LogP contribution >= 0.6 is 11.6 Å². The molecule has 24 heavy (non-hydrogen) atoms. The number of nitrogens with one attached hydrogen (secondary N) is 2. The Kier molecular flexibility index (Phi) is 4.85. The van der Waals surface area contributed by atoms with E-state index in [4.69, 9.17) is 11.6 Å². The van der Waals surface area contributed by atoms with Gasteiger partial charge < -0.3 is 15.5 Å². The average molecular weight is 349 g/mol. The van der Waals surface area contributed by atoms with E-state index >= 15 is 0 Å². The molecule has 0 saturated carbocycles. The zero-order chi connectivity index (χ0) is 17.1. The Balaban J connectivity index is 1.71. The Morgan fingerprint density at radius 1 is 1.42 bits per heavy atom. The van der Waals surface area contributed by atoms with E-state index in [0.717, 1.165) is 25.2 Å². The van der Waals surface area contributed by atoms with Crippen LogP contribution in [-0.4, -0.2) is 37.1 Å². The number of halogens is 2. The van der Waals surface area contributed by atoms with E-state index in [9.17, 15) is 9.18 Å². The van der Waals surface area contributed by atoms with Crippen LogP contribution in [0.15, 0.2) is 36.5 Å². The molecule has 1 amide bonds. The predicted molar refractivity (Wildman–Crippen MR) is 93.3 cm³/mol. The molecular formula is C17H18ClFN4O. The van der Waals surface area contributed by atoms with Crippen LogP contribution < -0.4 is 15.5 Å². The van der Waals surface area contributed by atoms with Crippen molar-refractivity contribution in [2.24, 2.45) is 0 Å². The van der Waals surface area contributed by atoms with Gasteiger partial charge in [-0.05, 0) is 36.8 Å². The number of hydrogen-bond donors (Lipinski definition) is 2. The molecule has 0 bridgehead atoms. The van der Waals surface area contributed by atoms with Crippen LogP contribution in [0.5, 0.6) is 0 Å². The minimum atomic E-state index is -0.419. The van der Waals surface area contributed by atoms with E-state index in [-0.39, 0.29) is 17.0 Å². The molecule has 2 aromatic rings. The van der Waals surface area contributed by atoms with Gasteiger partial charge in [-0.1, -0.05) is 11.6 Å². The average Bonchev–Trinajstić information content (AvgIpc) is 3.05. The summed E-state index contributed by atoms with van der Waals surface area (Å²) < 4.78 is 13.3. The van der Waals surface area contributed by atoms with Crippen molar-refractivity contribution in [3.63, 3.8) is 0 Å². The zero-order valence-electron chi connectivity index (χ0n) is 13.2. The summed E-state index contributed by atoms with van der Waals surface area (Å²) in [6.45, 7) is 1.55. The Hall–Kier alpha value is -2.34. The van der Waals surface area contributed by atoms with Crippen molar-refractivity contribution in [3.8, 4) is 0 Å². The maximum absolute atomic E-state index is 13.3. The zero-order valence-corrected chi connectivity index (χ0v) is 14.0. The molecule has 0 aliphatic carbocycles. The molecule has 1 atom stereocenters. The van der Waals surface area contributed by atoms with Crippen LogP contribution in [-0.2, 0) is 0 Å². The minimum Gasteiger partial charge on any atom is -0.369 e. The number of carbonyl (C=O) groups excluding carboxylic acids is 1. The second kappa shape index (κ2) is 7.05. The second-order valence-electron chi connectivity index (χ2n) is 5.65. The summed E-state index contributed by atoms with van der Waals surface area (Å²) in [4.78, 5) is 18.3. The van der Waals surface area contributed by atoms with Crippen molar-refractivity contribution in [2.75, 3.05) is 30.4 Å². The van der Waals surface area contributed by atoms with Crippen LogP contribution in [0.4, 0.5) is 15.9 Å². The predicted octanol–water partition coefficient (Wildman–Crippen LogP) is 2.92. The first-order valence-electron chi connectivity index (χ1n) is 7.72. The molecule has 1 unspecified atom stereocenters. The standard InChI is InChI=1S/C17H18ClFN4O/c1-20-17(24)13-3-2-7-21-16(13)22-11-6-8-23(10-11)12-4-5-15(19)14(18)9-12/h2-5,7,9,11H,6,8,10H2,1H3,(H,20,24)(H,21,22). The Morgan fingerprint density at radius 2 is 2.25 bits per heavy atom. The molecule has 2 N–H and O–H groups in total. The number of carbonyl (C=O) groups is 1. The van der Waals surface area contributed by atoms with Crippen LogP contribution in [0.25, 0.3) is 0 Å². The summed E-state index contributed by atoms with van der Waals surface area (Å²) in [7, 11) is 1.59. The molecule has 1 fully saturated rings. The van der Waals surface area contributed by atoms with Crippen LogP contribution in [0.1, 0.15) is 16.8 Å². The lowest BCUT2D eigenvalue weighted by atomic mass is 10.2. The molecule has 1 saturated heterocycles. The van der Waals surface area contributed by atoms with Gasteiger partial charge in [-0.2, -0.15) is 0 Å². The van der Waals surface area contributed by atoms with Crippen molar-refractivity contribution >= 4 is 29.0 Å². The molecule has 0 spiro atoms. The van der Waals surface area contributed by atoms with Crippen molar-refractivity contribution in [3.05, 3.63) is 52.9 Å². The van der Waals surface area contributed by atoms with E-state index < -0.39 is 5.82 Å². The number of pyridine rings is 1. The number of nitrogens with zero attached hydrogens (tertiary/aromatic N) is 2. The summed E-state index contributed by atoms with van der Waals surface area (Å²) >= 11 is 5.86. The van der Waals surface area contributed by atoms with Gasteiger partial charge in [-0.15, -0.1) is 0 Å². The smallest absolute Gasteiger partial charge is 0.254 e. The number of anilines is 2. The molecule has 5 nitrogen and oxygen atoms in total. The molecule has 0 radical (unpaired) electrons. The fourth-order valence-corrected chi connectivity index (χ4v) is 3.00. The molecule has 7 heteroatoms. The number of benzene rings is 1. The summed E-state index contributed by atoms with van der Waals surface area (Å²) in [5.74, 6) is -0.0235. The third-order valence-corrected chi connectivity index (χ3v) is 4.37. The van der Waals surface area contributed by atoms with Gasteiger partial charge in [0, 0.05) is 38.1 Å². The van der Waals surface area contributed by atoms with Gasteiger partial charge in [-0.25, -0.2) is 9.37 Å². The molecule has 1 aromatic carbocycles. The van der Waals surface area contributed by atoms with Crippen LogP contribution in [0.2, 0.25) is 5.02 Å². The Morgan fingerprint density at radius 3 is 3.00 bits per heavy atom. The lowest BCUT2D eigenvalue weighted by Crippen LogP contribution is -2.28. The third-order valence-electron chi connectivity index (χ3n) is 4.08. The molecule has 1 aromatic heterocycles. The summed E-state index contributed by atoms with van der Waals surface area (Å²) in [5, 5.41) is 6.06. The first-order chi connectivity index (χ1) is 11.6. The monoisotopic (exact) mass is 348 g/mol. The minimum absolute atomic E-state index is 0.121. The number of amides is 1. The van der Waals surface area contributed by atoms with Gasteiger partial charge in [-0.3, -0.25) is 4.79 Å². The summed E-state index contributed by atoms with van der Waals surface area (Å²) in [5.41, 5.74) is 1.40. The number of aromatic nitrogens is 1. The van der Waals surface area contributed by atoms with Gasteiger partial charge in [0.1, 0.15) is 11.6 Å². The lowest BCUT2D eigenvalue weighted by molar-refractivity contribution is 0.0963. The highest BCUT2D eigenvalue weighted by Gasteiger charge is 2.24. The first-order valence-corrected chi connectivity index (χ1v) is 8.10. The molecule has 1 aliphatic heterocycles. The molecular weight excluding hydrogens is 331 g/mol. The highest BCUT2D eigenvalue weighted by molar-refractivity contribution is 6.31. The van der Waals surface area contributed by atoms with Crippen molar-refractivity contribution in [1.29, 1.82) is 0 Å². The third kappa shape index (κ3) is 3.43. The van der Waals surface area contributed by atoms with Gasteiger partial charge in [0.15, 0.2) is 0 Å². The van der Waals surface area contributed by atoms with Gasteiger partial charge in [0.2, 0.25) is 0 Å². The molecule has 2 heterocycles. The molecule has 1 aliphatic rings. The topological polar surface area (TPSA) is 57.3 Å². The van der Waals surface area contributed by atoms with Crippen LogP contribution in [0.3, 0.4) is 0 Å². The van der Waals surface area contributed by atoms with Crippen molar-refractivity contribution in [2.45, 2.75) is 12.5 Å². The maximum Gasteiger partial charge on any atom is 0.254 e. The first kappa shape index (κ1) is 16.5. The van der Waals surface area contributed by atoms with Gasteiger partial charge in [0.25, 0.3) is 5.91 Å². The van der Waals surface area contributed by atoms with E-state index in [0.29, 0.717) is 11.4 Å². The normalized spacial score (nSPS) is 17.0. The maximum atomic E-state index is 13.3. The Labute approximate surface area is 144 Å². The summed E-state index contributed by atoms with van der Waals surface area (Å²) in [6.07, 6.45) is 2.54. The largest absolute Gasteiger partial charge is 0.369 e. The van der Waals surface area contributed by atoms with E-state index in [2.05, 4.69) is 20.5 Å². The van der Waals surface area contributed by atoms with Crippen molar-refractivity contribution < 1.29 is 9.18 Å². The number of hydrogen-bond acceptors (Lipinski definition) is 4. The quantitative estimate of drug-likeness (QED) is 0.892. The Bertz CT molecular complexity index is 755. The highest BCUT2D eigenvalue weighted by Crippen LogP contribution is 2.26. The molecule has 3 rings (SSSR count). The summed E-state index contributed by atoms with van der Waals surface area (Å²) in [6, 6.07) is 8.35. The fraction of sp³-hybridized carbons (Fsp3) is 0.294.